The van der Waals surface area contributed by atoms with Gasteiger partial charge < -0.3 is 15.3 Å². The molecule has 1 rings (SSSR count). The van der Waals surface area contributed by atoms with E-state index in [0.29, 0.717) is 19.1 Å². The molecule has 1 aliphatic rings. The maximum atomic E-state index is 10.3. The number of nitrogens with zero attached hydrogens (tertiary/aromatic N) is 1. The maximum Gasteiger partial charge on any atom is 0.0869 e. The molecule has 0 bridgehead atoms. The average molecular weight is 242 g/mol. The quantitative estimate of drug-likeness (QED) is 0.770. The van der Waals surface area contributed by atoms with E-state index in [1.807, 2.05) is 25.9 Å². The van der Waals surface area contributed by atoms with Crippen molar-refractivity contribution in [3.8, 4) is 0 Å². The molecular weight excluding hydrogens is 212 g/mol. The first-order chi connectivity index (χ1) is 7.82. The van der Waals surface area contributed by atoms with Crippen molar-refractivity contribution >= 4 is 0 Å². The van der Waals surface area contributed by atoms with E-state index in [1.165, 1.54) is 19.3 Å². The van der Waals surface area contributed by atoms with Gasteiger partial charge >= 0.3 is 0 Å². The molecule has 0 aromatic heterocycles. The zero-order valence-corrected chi connectivity index (χ0v) is 12.2. The van der Waals surface area contributed by atoms with E-state index in [-0.39, 0.29) is 0 Å². The summed E-state index contributed by atoms with van der Waals surface area (Å²) in [7, 11) is 4.00. The molecule has 0 amide bonds. The molecule has 2 N–H and O–H groups in total. The van der Waals surface area contributed by atoms with Crippen molar-refractivity contribution < 1.29 is 5.11 Å². The minimum absolute atomic E-state index is 0.567. The Bertz CT molecular complexity index is 218. The van der Waals surface area contributed by atoms with E-state index in [1.54, 1.807) is 0 Å². The standard InChI is InChI=1S/C14H30N2O/c1-11-7-6-8-12(2)13(11)15-9-14(3,17)10-16(4)5/h11-13,15,17H,6-10H2,1-5H3. The second-order valence-corrected chi connectivity index (χ2v) is 6.53. The molecule has 3 nitrogen and oxygen atoms in total. The van der Waals surface area contributed by atoms with Gasteiger partial charge in [0, 0.05) is 19.1 Å². The highest BCUT2D eigenvalue weighted by molar-refractivity contribution is 4.87. The van der Waals surface area contributed by atoms with Crippen LogP contribution in [0.3, 0.4) is 0 Å². The molecule has 3 unspecified atom stereocenters. The van der Waals surface area contributed by atoms with E-state index in [4.69, 9.17) is 0 Å². The summed E-state index contributed by atoms with van der Waals surface area (Å²) in [6, 6.07) is 0.567. The molecule has 0 saturated heterocycles. The number of rotatable bonds is 5. The summed E-state index contributed by atoms with van der Waals surface area (Å²) in [6.45, 7) is 7.96. The second-order valence-electron chi connectivity index (χ2n) is 6.53. The second kappa shape index (κ2) is 6.17. The monoisotopic (exact) mass is 242 g/mol. The van der Waals surface area contributed by atoms with E-state index in [0.717, 1.165) is 11.8 Å². The van der Waals surface area contributed by atoms with Crippen LogP contribution in [-0.2, 0) is 0 Å². The fraction of sp³-hybridized carbons (Fsp3) is 1.00. The predicted molar refractivity (Wildman–Crippen MR) is 73.1 cm³/mol. The number of hydrogen-bond donors (Lipinski definition) is 2. The molecule has 0 radical (unpaired) electrons. The molecule has 0 heterocycles. The van der Waals surface area contributed by atoms with Crippen LogP contribution in [0.5, 0.6) is 0 Å². The Hall–Kier alpha value is -0.120. The van der Waals surface area contributed by atoms with Gasteiger partial charge in [0.15, 0.2) is 0 Å². The Morgan fingerprint density at radius 3 is 2.24 bits per heavy atom. The van der Waals surface area contributed by atoms with Gasteiger partial charge in [0.05, 0.1) is 5.60 Å². The fourth-order valence-electron chi connectivity index (χ4n) is 3.16. The third-order valence-corrected chi connectivity index (χ3v) is 3.92. The topological polar surface area (TPSA) is 35.5 Å². The summed E-state index contributed by atoms with van der Waals surface area (Å²) >= 11 is 0. The lowest BCUT2D eigenvalue weighted by atomic mass is 9.78. The molecule has 17 heavy (non-hydrogen) atoms. The summed E-state index contributed by atoms with van der Waals surface area (Å²) in [6.07, 6.45) is 3.99. The van der Waals surface area contributed by atoms with E-state index < -0.39 is 5.60 Å². The van der Waals surface area contributed by atoms with Gasteiger partial charge in [-0.1, -0.05) is 20.3 Å². The van der Waals surface area contributed by atoms with Crippen LogP contribution in [-0.4, -0.2) is 48.8 Å². The zero-order valence-electron chi connectivity index (χ0n) is 12.2. The Balaban J connectivity index is 2.42. The van der Waals surface area contributed by atoms with Crippen molar-refractivity contribution in [2.45, 2.75) is 51.7 Å². The number of nitrogens with one attached hydrogen (secondary N) is 1. The minimum Gasteiger partial charge on any atom is -0.388 e. The fourth-order valence-corrected chi connectivity index (χ4v) is 3.16. The van der Waals surface area contributed by atoms with Crippen molar-refractivity contribution in [2.24, 2.45) is 11.8 Å². The van der Waals surface area contributed by atoms with Crippen LogP contribution in [0.25, 0.3) is 0 Å². The summed E-state index contributed by atoms with van der Waals surface area (Å²) in [4.78, 5) is 2.04. The zero-order chi connectivity index (χ0) is 13.1. The normalized spacial score (nSPS) is 33.7. The highest BCUT2D eigenvalue weighted by Crippen LogP contribution is 2.28. The van der Waals surface area contributed by atoms with Crippen LogP contribution in [0.2, 0.25) is 0 Å². The number of aliphatic hydroxyl groups is 1. The molecule has 0 aliphatic heterocycles. The lowest BCUT2D eigenvalue weighted by molar-refractivity contribution is 0.0252. The molecule has 0 aromatic rings. The van der Waals surface area contributed by atoms with Crippen molar-refractivity contribution in [1.29, 1.82) is 0 Å². The molecule has 1 fully saturated rings. The summed E-state index contributed by atoms with van der Waals surface area (Å²) in [5.41, 5.74) is -0.639. The van der Waals surface area contributed by atoms with Crippen molar-refractivity contribution in [2.75, 3.05) is 27.2 Å². The Morgan fingerprint density at radius 1 is 1.24 bits per heavy atom. The minimum atomic E-state index is -0.639. The van der Waals surface area contributed by atoms with Crippen molar-refractivity contribution in [3.05, 3.63) is 0 Å². The molecule has 3 atom stereocenters. The van der Waals surface area contributed by atoms with E-state index >= 15 is 0 Å². The van der Waals surface area contributed by atoms with Gasteiger partial charge in [-0.3, -0.25) is 0 Å². The van der Waals surface area contributed by atoms with Crippen LogP contribution in [0.15, 0.2) is 0 Å². The molecule has 1 saturated carbocycles. The summed E-state index contributed by atoms with van der Waals surface area (Å²) < 4.78 is 0. The van der Waals surface area contributed by atoms with Crippen LogP contribution in [0, 0.1) is 11.8 Å². The first-order valence-corrected chi connectivity index (χ1v) is 6.92. The summed E-state index contributed by atoms with van der Waals surface area (Å²) in [5, 5.41) is 13.9. The smallest absolute Gasteiger partial charge is 0.0869 e. The number of hydrogen-bond acceptors (Lipinski definition) is 3. The third kappa shape index (κ3) is 4.94. The Morgan fingerprint density at radius 2 is 1.76 bits per heavy atom. The van der Waals surface area contributed by atoms with Gasteiger partial charge in [-0.05, 0) is 45.7 Å². The Labute approximate surface area is 107 Å². The van der Waals surface area contributed by atoms with E-state index in [9.17, 15) is 5.11 Å². The lowest BCUT2D eigenvalue weighted by Gasteiger charge is -2.38. The van der Waals surface area contributed by atoms with Crippen LogP contribution in [0.4, 0.5) is 0 Å². The SMILES string of the molecule is CC1CCCC(C)C1NCC(C)(O)CN(C)C. The van der Waals surface area contributed by atoms with Gasteiger partial charge in [0.25, 0.3) is 0 Å². The number of likely N-dealkylation sites (N-methyl/N-ethyl adjacent to an activating group) is 1. The Kier molecular flexibility index (Phi) is 5.42. The van der Waals surface area contributed by atoms with Gasteiger partial charge in [-0.15, -0.1) is 0 Å². The molecular formula is C14H30N2O. The molecule has 0 spiro atoms. The maximum absolute atomic E-state index is 10.3. The van der Waals surface area contributed by atoms with Gasteiger partial charge in [0.2, 0.25) is 0 Å². The van der Waals surface area contributed by atoms with Crippen LogP contribution in [0.1, 0.15) is 40.0 Å². The molecule has 102 valence electrons. The largest absolute Gasteiger partial charge is 0.388 e. The average Bonchev–Trinajstić information content (AvgIpc) is 2.14. The molecule has 3 heteroatoms. The van der Waals surface area contributed by atoms with Crippen LogP contribution < -0.4 is 5.32 Å². The molecule has 0 aromatic carbocycles. The van der Waals surface area contributed by atoms with Crippen molar-refractivity contribution in [1.82, 2.24) is 10.2 Å². The van der Waals surface area contributed by atoms with Gasteiger partial charge in [0.1, 0.15) is 0 Å². The summed E-state index contributed by atoms with van der Waals surface area (Å²) in [5.74, 6) is 1.46. The van der Waals surface area contributed by atoms with Gasteiger partial charge in [-0.25, -0.2) is 0 Å². The van der Waals surface area contributed by atoms with Gasteiger partial charge in [-0.2, -0.15) is 0 Å². The van der Waals surface area contributed by atoms with E-state index in [2.05, 4.69) is 19.2 Å². The highest BCUT2D eigenvalue weighted by atomic mass is 16.3. The third-order valence-electron chi connectivity index (χ3n) is 3.92. The van der Waals surface area contributed by atoms with Crippen molar-refractivity contribution in [3.63, 3.8) is 0 Å². The lowest BCUT2D eigenvalue weighted by Crippen LogP contribution is -2.52. The molecule has 1 aliphatic carbocycles. The predicted octanol–water partition coefficient (Wildman–Crippen LogP) is 1.71. The first-order valence-electron chi connectivity index (χ1n) is 6.92. The highest BCUT2D eigenvalue weighted by Gasteiger charge is 2.30. The first kappa shape index (κ1) is 14.9. The van der Waals surface area contributed by atoms with Crippen LogP contribution >= 0.6 is 0 Å².